The molecule has 1 aliphatic heterocycles. The summed E-state index contributed by atoms with van der Waals surface area (Å²) in [5, 5.41) is 8.50. The second-order valence-corrected chi connectivity index (χ2v) is 4.64. The Hall–Kier alpha value is -2.70. The number of amides is 3. The van der Waals surface area contributed by atoms with Crippen molar-refractivity contribution in [2.24, 2.45) is 0 Å². The summed E-state index contributed by atoms with van der Waals surface area (Å²) in [7, 11) is 1.50. The molecule has 7 heteroatoms. The minimum atomic E-state index is -1.13. The molecule has 0 radical (unpaired) electrons. The van der Waals surface area contributed by atoms with Crippen LogP contribution in [0.4, 0.5) is 9.18 Å². The molecular weight excluding hydrogens is 279 g/mol. The molecule has 0 spiro atoms. The summed E-state index contributed by atoms with van der Waals surface area (Å²) in [5.74, 6) is -2.11. The van der Waals surface area contributed by atoms with Crippen molar-refractivity contribution in [2.75, 3.05) is 13.6 Å². The number of halogens is 1. The van der Waals surface area contributed by atoms with E-state index in [-0.39, 0.29) is 24.6 Å². The van der Waals surface area contributed by atoms with Gasteiger partial charge >= 0.3 is 12.0 Å². The highest BCUT2D eigenvalue weighted by molar-refractivity contribution is 6.01. The molecule has 1 aliphatic rings. The first-order valence-electron chi connectivity index (χ1n) is 6.13. The number of urea groups is 1. The van der Waals surface area contributed by atoms with Gasteiger partial charge in [-0.2, -0.15) is 0 Å². The molecule has 1 saturated heterocycles. The van der Waals surface area contributed by atoms with E-state index in [1.807, 2.05) is 0 Å². The second kappa shape index (κ2) is 5.74. The molecule has 2 rings (SSSR count). The fourth-order valence-corrected chi connectivity index (χ4v) is 1.96. The van der Waals surface area contributed by atoms with Crippen LogP contribution in [0.25, 0.3) is 6.08 Å². The van der Waals surface area contributed by atoms with Gasteiger partial charge in [0.15, 0.2) is 0 Å². The van der Waals surface area contributed by atoms with E-state index in [4.69, 9.17) is 5.11 Å². The van der Waals surface area contributed by atoms with E-state index in [9.17, 15) is 18.8 Å². The van der Waals surface area contributed by atoms with Crippen LogP contribution in [-0.2, 0) is 16.1 Å². The van der Waals surface area contributed by atoms with Crippen molar-refractivity contribution in [3.63, 3.8) is 0 Å². The fourth-order valence-electron chi connectivity index (χ4n) is 1.96. The predicted octanol–water partition coefficient (Wildman–Crippen LogP) is 1.32. The quantitative estimate of drug-likeness (QED) is 0.670. The zero-order valence-electron chi connectivity index (χ0n) is 11.2. The molecule has 0 aliphatic carbocycles. The van der Waals surface area contributed by atoms with Crippen molar-refractivity contribution in [1.82, 2.24) is 9.80 Å². The van der Waals surface area contributed by atoms with Gasteiger partial charge in [-0.1, -0.05) is 12.1 Å². The molecule has 0 unspecified atom stereocenters. The lowest BCUT2D eigenvalue weighted by Gasteiger charge is -2.14. The molecule has 1 heterocycles. The van der Waals surface area contributed by atoms with Crippen molar-refractivity contribution in [1.29, 1.82) is 0 Å². The third-order valence-corrected chi connectivity index (χ3v) is 3.05. The van der Waals surface area contributed by atoms with Crippen LogP contribution >= 0.6 is 0 Å². The SMILES string of the molecule is CN1CC(=O)N(Cc2ccc(C=CC(=O)O)cc2F)C1=O. The van der Waals surface area contributed by atoms with Crippen molar-refractivity contribution < 1.29 is 23.9 Å². The van der Waals surface area contributed by atoms with Crippen LogP contribution < -0.4 is 0 Å². The fraction of sp³-hybridized carbons (Fsp3) is 0.214. The van der Waals surface area contributed by atoms with Crippen molar-refractivity contribution >= 4 is 24.0 Å². The standard InChI is InChI=1S/C14H13FN2O4/c1-16-8-12(18)17(14(16)21)7-10-4-2-9(6-11(10)15)3-5-13(19)20/h2-6H,7-8H2,1H3,(H,19,20). The third kappa shape index (κ3) is 3.25. The number of rotatable bonds is 4. The largest absolute Gasteiger partial charge is 0.478 e. The van der Waals surface area contributed by atoms with Gasteiger partial charge in [-0.3, -0.25) is 9.69 Å². The number of aliphatic carboxylic acids is 1. The van der Waals surface area contributed by atoms with Gasteiger partial charge in [-0.15, -0.1) is 0 Å². The van der Waals surface area contributed by atoms with Crippen molar-refractivity contribution in [3.05, 3.63) is 41.2 Å². The van der Waals surface area contributed by atoms with E-state index in [1.54, 1.807) is 0 Å². The Morgan fingerprint density at radius 1 is 1.43 bits per heavy atom. The number of hydrogen-bond donors (Lipinski definition) is 1. The summed E-state index contributed by atoms with van der Waals surface area (Å²) in [6.07, 6.45) is 2.16. The first kappa shape index (κ1) is 14.7. The van der Waals surface area contributed by atoms with Gasteiger partial charge in [-0.25, -0.2) is 14.0 Å². The molecule has 0 saturated carbocycles. The van der Waals surface area contributed by atoms with Gasteiger partial charge in [0.25, 0.3) is 5.91 Å². The molecule has 110 valence electrons. The molecule has 1 fully saturated rings. The van der Waals surface area contributed by atoms with Crippen LogP contribution in [-0.4, -0.2) is 46.4 Å². The van der Waals surface area contributed by atoms with Crippen molar-refractivity contribution in [3.8, 4) is 0 Å². The van der Waals surface area contributed by atoms with Gasteiger partial charge < -0.3 is 10.0 Å². The number of carbonyl (C=O) groups excluding carboxylic acids is 2. The maximum absolute atomic E-state index is 13.9. The maximum Gasteiger partial charge on any atom is 0.328 e. The van der Waals surface area contributed by atoms with Crippen LogP contribution in [0.2, 0.25) is 0 Å². The number of imide groups is 1. The summed E-state index contributed by atoms with van der Waals surface area (Å²) in [6.45, 7) is -0.156. The average Bonchev–Trinajstić information content (AvgIpc) is 2.65. The first-order chi connectivity index (χ1) is 9.88. The lowest BCUT2D eigenvalue weighted by atomic mass is 10.1. The summed E-state index contributed by atoms with van der Waals surface area (Å²) >= 11 is 0. The van der Waals surface area contributed by atoms with E-state index in [1.165, 1.54) is 30.2 Å². The Morgan fingerprint density at radius 3 is 2.67 bits per heavy atom. The number of hydrogen-bond acceptors (Lipinski definition) is 3. The summed E-state index contributed by atoms with van der Waals surface area (Å²) in [6, 6.07) is 3.64. The maximum atomic E-state index is 13.9. The Morgan fingerprint density at radius 2 is 2.14 bits per heavy atom. The molecule has 1 aromatic carbocycles. The van der Waals surface area contributed by atoms with E-state index in [2.05, 4.69) is 0 Å². The minimum Gasteiger partial charge on any atom is -0.478 e. The van der Waals surface area contributed by atoms with E-state index in [0.717, 1.165) is 17.0 Å². The van der Waals surface area contributed by atoms with Gasteiger partial charge in [-0.05, 0) is 17.7 Å². The zero-order valence-corrected chi connectivity index (χ0v) is 11.2. The number of benzene rings is 1. The number of carbonyl (C=O) groups is 3. The van der Waals surface area contributed by atoms with Gasteiger partial charge in [0, 0.05) is 18.7 Å². The Kier molecular flexibility index (Phi) is 4.02. The smallest absolute Gasteiger partial charge is 0.328 e. The topological polar surface area (TPSA) is 77.9 Å². The third-order valence-electron chi connectivity index (χ3n) is 3.05. The average molecular weight is 292 g/mol. The summed E-state index contributed by atoms with van der Waals surface area (Å²) < 4.78 is 13.9. The highest BCUT2D eigenvalue weighted by Crippen LogP contribution is 2.17. The molecule has 21 heavy (non-hydrogen) atoms. The number of carboxylic acid groups (broad SMARTS) is 1. The van der Waals surface area contributed by atoms with Crippen LogP contribution in [0.15, 0.2) is 24.3 Å². The number of nitrogens with zero attached hydrogens (tertiary/aromatic N) is 2. The van der Waals surface area contributed by atoms with Crippen LogP contribution in [0.3, 0.4) is 0 Å². The molecule has 6 nitrogen and oxygen atoms in total. The van der Waals surface area contributed by atoms with Crippen molar-refractivity contribution in [2.45, 2.75) is 6.54 Å². The number of carboxylic acids is 1. The molecule has 3 amide bonds. The van der Waals surface area contributed by atoms with Crippen LogP contribution in [0.5, 0.6) is 0 Å². The molecule has 0 atom stereocenters. The second-order valence-electron chi connectivity index (χ2n) is 4.64. The molecule has 0 bridgehead atoms. The Bertz CT molecular complexity index is 642. The van der Waals surface area contributed by atoms with E-state index >= 15 is 0 Å². The molecule has 0 aromatic heterocycles. The highest BCUT2D eigenvalue weighted by atomic mass is 19.1. The minimum absolute atomic E-state index is 0.0140. The van der Waals surface area contributed by atoms with Gasteiger partial charge in [0.2, 0.25) is 0 Å². The predicted molar refractivity (Wildman–Crippen MR) is 71.6 cm³/mol. The normalized spacial score (nSPS) is 15.3. The first-order valence-corrected chi connectivity index (χ1v) is 6.13. The zero-order chi connectivity index (χ0) is 15.6. The lowest BCUT2D eigenvalue weighted by molar-refractivity contribution is -0.131. The van der Waals surface area contributed by atoms with E-state index < -0.39 is 17.8 Å². The van der Waals surface area contributed by atoms with Gasteiger partial charge in [0.05, 0.1) is 6.54 Å². The van der Waals surface area contributed by atoms with Gasteiger partial charge in [0.1, 0.15) is 12.4 Å². The molecule has 1 aromatic rings. The van der Waals surface area contributed by atoms with E-state index in [0.29, 0.717) is 5.56 Å². The summed E-state index contributed by atoms with van der Waals surface area (Å²) in [5.41, 5.74) is 0.578. The summed E-state index contributed by atoms with van der Waals surface area (Å²) in [4.78, 5) is 35.9. The number of likely N-dealkylation sites (N-methyl/N-ethyl adjacent to an activating group) is 1. The Balaban J connectivity index is 2.17. The monoisotopic (exact) mass is 292 g/mol. The lowest BCUT2D eigenvalue weighted by Crippen LogP contribution is -2.31. The molecule has 1 N–H and O–H groups in total. The van der Waals surface area contributed by atoms with Crippen LogP contribution in [0, 0.1) is 5.82 Å². The molecular formula is C14H13FN2O4. The van der Waals surface area contributed by atoms with Crippen LogP contribution in [0.1, 0.15) is 11.1 Å². The highest BCUT2D eigenvalue weighted by Gasteiger charge is 2.33. The Labute approximate surface area is 120 Å².